The average molecular weight is 560 g/mol. The number of carbonyl (C=O) groups excluding carboxylic acids is 2. The number of alkyl halides is 5. The number of benzene rings is 3. The number of hydrogen-bond acceptors (Lipinski definition) is 2. The van der Waals surface area contributed by atoms with Crippen LogP contribution in [-0.4, -0.2) is 23.2 Å². The van der Waals surface area contributed by atoms with E-state index in [0.29, 0.717) is 5.69 Å². The number of nitrogens with one attached hydrogen (secondary N) is 1. The molecule has 1 aliphatic carbocycles. The molecular formula is C25H17Cl3F4N2O2. The van der Waals surface area contributed by atoms with Crippen LogP contribution in [0.2, 0.25) is 5.02 Å². The molecule has 0 saturated heterocycles. The molecule has 0 spiro atoms. The van der Waals surface area contributed by atoms with Gasteiger partial charge >= 0.3 is 6.18 Å². The highest BCUT2D eigenvalue weighted by atomic mass is 35.5. The lowest BCUT2D eigenvalue weighted by atomic mass is 10.1. The van der Waals surface area contributed by atoms with E-state index in [1.54, 1.807) is 0 Å². The third kappa shape index (κ3) is 5.16. The monoisotopic (exact) mass is 558 g/mol. The molecule has 188 valence electrons. The first kappa shape index (κ1) is 26.3. The number of carbonyl (C=O) groups is 2. The van der Waals surface area contributed by atoms with E-state index in [1.165, 1.54) is 66.5 Å². The molecule has 1 N–H and O–H groups in total. The van der Waals surface area contributed by atoms with Crippen LogP contribution in [0, 0.1) is 11.7 Å². The van der Waals surface area contributed by atoms with Gasteiger partial charge in [-0.05, 0) is 54.1 Å². The molecule has 0 unspecified atom stereocenters. The topological polar surface area (TPSA) is 49.4 Å². The molecular weight excluding hydrogens is 543 g/mol. The first-order valence-corrected chi connectivity index (χ1v) is 11.6. The van der Waals surface area contributed by atoms with Gasteiger partial charge in [0.15, 0.2) is 0 Å². The molecule has 4 rings (SSSR count). The van der Waals surface area contributed by atoms with Crippen LogP contribution in [0.3, 0.4) is 0 Å². The van der Waals surface area contributed by atoms with Gasteiger partial charge in [-0.25, -0.2) is 4.39 Å². The number of halogens is 7. The van der Waals surface area contributed by atoms with E-state index >= 15 is 0 Å². The van der Waals surface area contributed by atoms with E-state index in [1.807, 2.05) is 0 Å². The third-order valence-electron chi connectivity index (χ3n) is 5.89. The van der Waals surface area contributed by atoms with Crippen molar-refractivity contribution in [3.05, 3.63) is 94.3 Å². The Morgan fingerprint density at radius 2 is 1.67 bits per heavy atom. The number of nitrogens with zero attached hydrogens (tertiary/aromatic N) is 1. The lowest BCUT2D eigenvalue weighted by Crippen LogP contribution is -2.26. The maximum atomic E-state index is 13.2. The average Bonchev–Trinajstić information content (AvgIpc) is 3.41. The minimum absolute atomic E-state index is 0.0644. The summed E-state index contributed by atoms with van der Waals surface area (Å²) in [7, 11) is 1.48. The van der Waals surface area contributed by atoms with Crippen molar-refractivity contribution in [2.24, 2.45) is 5.92 Å². The number of rotatable bonds is 5. The van der Waals surface area contributed by atoms with E-state index < -0.39 is 45.5 Å². The summed E-state index contributed by atoms with van der Waals surface area (Å²) in [4.78, 5) is 27.2. The van der Waals surface area contributed by atoms with Crippen molar-refractivity contribution >= 4 is 58.0 Å². The van der Waals surface area contributed by atoms with Crippen LogP contribution in [0.5, 0.6) is 0 Å². The molecule has 1 fully saturated rings. The Kier molecular flexibility index (Phi) is 6.98. The second-order valence-electron chi connectivity index (χ2n) is 8.28. The van der Waals surface area contributed by atoms with Gasteiger partial charge in [-0.1, -0.05) is 29.8 Å². The minimum Gasteiger partial charge on any atom is -0.326 e. The zero-order valence-electron chi connectivity index (χ0n) is 18.4. The highest BCUT2D eigenvalue weighted by Gasteiger charge is 2.67. The SMILES string of the molecule is CN(C(=O)c1cc(NC(=O)[C@@H]2[C@@H](c3cccc(C(F)(F)F)c3)C2(Cl)Cl)ccc1Cl)c1ccc(F)cc1. The largest absolute Gasteiger partial charge is 0.416 e. The molecule has 0 aromatic heterocycles. The Labute approximate surface area is 218 Å². The normalized spacial score (nSPS) is 18.4. The first-order valence-electron chi connectivity index (χ1n) is 10.5. The molecule has 1 aliphatic rings. The second-order valence-corrected chi connectivity index (χ2v) is 10.1. The Morgan fingerprint density at radius 1 is 1.00 bits per heavy atom. The molecule has 2 atom stereocenters. The van der Waals surface area contributed by atoms with E-state index in [-0.39, 0.29) is 21.8 Å². The highest BCUT2D eigenvalue weighted by molar-refractivity contribution is 6.53. The van der Waals surface area contributed by atoms with Gasteiger partial charge in [-0.15, -0.1) is 23.2 Å². The molecule has 11 heteroatoms. The van der Waals surface area contributed by atoms with Crippen molar-refractivity contribution in [2.45, 2.75) is 16.4 Å². The lowest BCUT2D eigenvalue weighted by molar-refractivity contribution is -0.137. The van der Waals surface area contributed by atoms with E-state index in [4.69, 9.17) is 34.8 Å². The van der Waals surface area contributed by atoms with Crippen LogP contribution in [0.4, 0.5) is 28.9 Å². The number of amides is 2. The molecule has 3 aromatic rings. The van der Waals surface area contributed by atoms with Crippen molar-refractivity contribution in [2.75, 3.05) is 17.3 Å². The quantitative estimate of drug-likeness (QED) is 0.263. The van der Waals surface area contributed by atoms with Crippen LogP contribution >= 0.6 is 34.8 Å². The van der Waals surface area contributed by atoms with Gasteiger partial charge in [0, 0.05) is 24.3 Å². The Hall–Kier alpha value is -2.81. The number of hydrogen-bond donors (Lipinski definition) is 1. The zero-order chi connectivity index (χ0) is 26.4. The molecule has 0 radical (unpaired) electrons. The maximum absolute atomic E-state index is 13.2. The van der Waals surface area contributed by atoms with E-state index in [0.717, 1.165) is 12.1 Å². The predicted molar refractivity (Wildman–Crippen MR) is 131 cm³/mol. The van der Waals surface area contributed by atoms with Gasteiger partial charge in [0.2, 0.25) is 5.91 Å². The van der Waals surface area contributed by atoms with Crippen molar-refractivity contribution in [3.63, 3.8) is 0 Å². The van der Waals surface area contributed by atoms with Crippen LogP contribution in [0.25, 0.3) is 0 Å². The summed E-state index contributed by atoms with van der Waals surface area (Å²) in [5, 5.41) is 2.72. The van der Waals surface area contributed by atoms with Gasteiger partial charge in [-0.2, -0.15) is 13.2 Å². The summed E-state index contributed by atoms with van der Waals surface area (Å²) in [6.45, 7) is 0. The second kappa shape index (κ2) is 9.57. The van der Waals surface area contributed by atoms with Gasteiger partial charge in [0.25, 0.3) is 5.91 Å². The first-order chi connectivity index (χ1) is 16.8. The fourth-order valence-electron chi connectivity index (χ4n) is 3.93. The summed E-state index contributed by atoms with van der Waals surface area (Å²) in [5.41, 5.74) is 0.000629. The Bertz CT molecular complexity index is 1330. The van der Waals surface area contributed by atoms with Crippen LogP contribution < -0.4 is 10.2 Å². The summed E-state index contributed by atoms with van der Waals surface area (Å²) in [6.07, 6.45) is -4.56. The van der Waals surface area contributed by atoms with Gasteiger partial charge in [0.1, 0.15) is 10.2 Å². The minimum atomic E-state index is -4.56. The summed E-state index contributed by atoms with van der Waals surface area (Å²) in [6, 6.07) is 14.0. The third-order valence-corrected chi connectivity index (χ3v) is 7.16. The smallest absolute Gasteiger partial charge is 0.326 e. The fourth-order valence-corrected chi connectivity index (χ4v) is 4.95. The molecule has 0 heterocycles. The highest BCUT2D eigenvalue weighted by Crippen LogP contribution is 2.65. The summed E-state index contributed by atoms with van der Waals surface area (Å²) in [5.74, 6) is -3.49. The molecule has 2 amide bonds. The van der Waals surface area contributed by atoms with Crippen molar-refractivity contribution in [3.8, 4) is 0 Å². The van der Waals surface area contributed by atoms with Crippen molar-refractivity contribution < 1.29 is 27.2 Å². The molecule has 4 nitrogen and oxygen atoms in total. The molecule has 0 aliphatic heterocycles. The zero-order valence-corrected chi connectivity index (χ0v) is 20.7. The van der Waals surface area contributed by atoms with E-state index in [2.05, 4.69) is 5.32 Å². The predicted octanol–water partition coefficient (Wildman–Crippen LogP) is 7.30. The summed E-state index contributed by atoms with van der Waals surface area (Å²) < 4.78 is 50.9. The fraction of sp³-hybridized carbons (Fsp3) is 0.200. The van der Waals surface area contributed by atoms with Gasteiger partial charge in [0.05, 0.1) is 22.1 Å². The molecule has 1 saturated carbocycles. The maximum Gasteiger partial charge on any atom is 0.416 e. The van der Waals surface area contributed by atoms with Crippen LogP contribution in [0.15, 0.2) is 66.7 Å². The molecule has 0 bridgehead atoms. The van der Waals surface area contributed by atoms with Crippen molar-refractivity contribution in [1.82, 2.24) is 0 Å². The van der Waals surface area contributed by atoms with Crippen molar-refractivity contribution in [1.29, 1.82) is 0 Å². The Morgan fingerprint density at radius 3 is 2.31 bits per heavy atom. The van der Waals surface area contributed by atoms with E-state index in [9.17, 15) is 27.2 Å². The standard InChI is InChI=1S/C25H17Cl3F4N2O2/c1-34(17-8-5-15(29)6-9-17)23(36)18-12-16(7-10-19(18)26)33-22(35)21-20(24(21,27)28)13-3-2-4-14(11-13)25(30,31)32/h2-12,20-21H,1H3,(H,33,35)/t20-,21+/m1/s1. The van der Waals surface area contributed by atoms with Crippen LogP contribution in [-0.2, 0) is 11.0 Å². The van der Waals surface area contributed by atoms with Gasteiger partial charge < -0.3 is 10.2 Å². The molecule has 3 aromatic carbocycles. The lowest BCUT2D eigenvalue weighted by Gasteiger charge is -2.18. The van der Waals surface area contributed by atoms with Crippen LogP contribution in [0.1, 0.15) is 27.4 Å². The Balaban J connectivity index is 1.53. The van der Waals surface area contributed by atoms with Gasteiger partial charge in [-0.3, -0.25) is 9.59 Å². The summed E-state index contributed by atoms with van der Waals surface area (Å²) >= 11 is 18.8. The molecule has 36 heavy (non-hydrogen) atoms. The number of anilines is 2.